The monoisotopic (exact) mass is 586 g/mol. The predicted molar refractivity (Wildman–Crippen MR) is 142 cm³/mol. The second-order valence-corrected chi connectivity index (χ2v) is 10.9. The Morgan fingerprint density at radius 3 is 2.52 bits per heavy atom. The van der Waals surface area contributed by atoms with Crippen molar-refractivity contribution in [3.05, 3.63) is 35.7 Å². The zero-order valence-electron chi connectivity index (χ0n) is 23.4. The number of cyclic esters (lactones) is 2. The number of carbonyl (C=O) groups excluding carboxylic acids is 3. The van der Waals surface area contributed by atoms with E-state index in [0.29, 0.717) is 37.9 Å². The number of aliphatic carboxylic acids is 1. The predicted octanol–water partition coefficient (Wildman–Crippen LogP) is 4.00. The van der Waals surface area contributed by atoms with Crippen LogP contribution in [0.4, 0.5) is 9.59 Å². The number of rotatable bonds is 9. The summed E-state index contributed by atoms with van der Waals surface area (Å²) in [6.07, 6.45) is 2.45. The van der Waals surface area contributed by atoms with E-state index < -0.39 is 24.2 Å². The minimum absolute atomic E-state index is 0.0911. The topological polar surface area (TPSA) is 173 Å². The highest BCUT2D eigenvalue weighted by molar-refractivity contribution is 5.89. The molecule has 42 heavy (non-hydrogen) atoms. The fourth-order valence-electron chi connectivity index (χ4n) is 5.16. The van der Waals surface area contributed by atoms with Crippen molar-refractivity contribution in [1.29, 1.82) is 0 Å². The first kappa shape index (κ1) is 29.4. The van der Waals surface area contributed by atoms with E-state index in [4.69, 9.17) is 19.0 Å². The molecule has 2 aromatic rings. The smallest absolute Gasteiger partial charge is 0.497 e. The summed E-state index contributed by atoms with van der Waals surface area (Å²) >= 11 is 0. The van der Waals surface area contributed by atoms with Gasteiger partial charge in [0, 0.05) is 24.6 Å². The van der Waals surface area contributed by atoms with Gasteiger partial charge in [-0.15, -0.1) is 0 Å². The van der Waals surface area contributed by atoms with Crippen LogP contribution in [0.3, 0.4) is 0 Å². The van der Waals surface area contributed by atoms with Crippen LogP contribution in [0, 0.1) is 24.7 Å². The second-order valence-electron chi connectivity index (χ2n) is 10.9. The molecule has 1 aromatic heterocycles. The molecule has 3 saturated carbocycles. The largest absolute Gasteiger partial charge is 0.518 e. The van der Waals surface area contributed by atoms with Crippen LogP contribution in [0.1, 0.15) is 50.0 Å². The molecule has 2 N–H and O–H groups in total. The number of carboxylic acids is 1. The first-order chi connectivity index (χ1) is 20.2. The van der Waals surface area contributed by atoms with Gasteiger partial charge in [0.25, 0.3) is 0 Å². The van der Waals surface area contributed by atoms with E-state index in [1.807, 2.05) is 31.2 Å². The highest BCUT2D eigenvalue weighted by Crippen LogP contribution is 2.39. The number of nitrogens with zero attached hydrogens (tertiary/aromatic N) is 1. The second kappa shape index (κ2) is 12.8. The number of hydrogen-bond donors (Lipinski definition) is 2. The van der Waals surface area contributed by atoms with E-state index in [2.05, 4.69) is 24.5 Å². The molecule has 1 amide bonds. The lowest BCUT2D eigenvalue weighted by Crippen LogP contribution is -2.40. The van der Waals surface area contributed by atoms with Crippen molar-refractivity contribution in [3.8, 4) is 17.2 Å². The lowest BCUT2D eigenvalue weighted by Gasteiger charge is -2.29. The molecule has 4 fully saturated rings. The third-order valence-corrected chi connectivity index (χ3v) is 7.71. The Hall–Kier alpha value is -4.13. The van der Waals surface area contributed by atoms with Crippen molar-refractivity contribution in [3.63, 3.8) is 0 Å². The average molecular weight is 587 g/mol. The van der Waals surface area contributed by atoms with Gasteiger partial charge in [-0.05, 0) is 56.7 Å². The van der Waals surface area contributed by atoms with Gasteiger partial charge in [0.05, 0.1) is 25.6 Å². The van der Waals surface area contributed by atoms with E-state index in [1.54, 1.807) is 7.11 Å². The molecular formula is C29H34N2O11. The van der Waals surface area contributed by atoms with E-state index >= 15 is 0 Å². The van der Waals surface area contributed by atoms with Crippen molar-refractivity contribution < 1.29 is 52.4 Å². The van der Waals surface area contributed by atoms with Crippen LogP contribution >= 0.6 is 0 Å². The summed E-state index contributed by atoms with van der Waals surface area (Å²) in [6.45, 7) is 2.84. The van der Waals surface area contributed by atoms with E-state index in [9.17, 15) is 19.2 Å². The third kappa shape index (κ3) is 7.58. The molecule has 1 aromatic carbocycles. The normalized spacial score (nSPS) is 27.5. The molecule has 1 saturated heterocycles. The van der Waals surface area contributed by atoms with Gasteiger partial charge in [-0.25, -0.2) is 14.6 Å². The zero-order chi connectivity index (χ0) is 29.8. The number of oxazole rings is 1. The Labute approximate surface area is 241 Å². The standard InChI is InChI=1S/C24H30N2O6.C5H4O5/c1-14-21(26-23(32-14)16-6-4-8-18(10-16)30-2)13-31-12-15-5-3-7-17(9-15)25-22(27)19-11-20(19)24(28)29;6-4-8-2-1-3(2)9-5(7)10-4/h4,6,8,10,15,17,19-20H,3,5,7,9,11-13H2,1-2H3,(H,25,27)(H,28,29);2-3H,1H2. The number of nitrogens with one attached hydrogen (secondary N) is 1. The van der Waals surface area contributed by atoms with Crippen LogP contribution in [0.25, 0.3) is 11.5 Å². The highest BCUT2D eigenvalue weighted by atomic mass is 16.8. The van der Waals surface area contributed by atoms with Gasteiger partial charge < -0.3 is 38.5 Å². The fraction of sp³-hybridized carbons (Fsp3) is 0.552. The molecule has 0 radical (unpaired) electrons. The minimum Gasteiger partial charge on any atom is -0.497 e. The summed E-state index contributed by atoms with van der Waals surface area (Å²) < 4.78 is 30.1. The van der Waals surface area contributed by atoms with Gasteiger partial charge in [0.2, 0.25) is 11.8 Å². The van der Waals surface area contributed by atoms with Gasteiger partial charge in [0.15, 0.2) is 0 Å². The van der Waals surface area contributed by atoms with E-state index in [0.717, 1.165) is 48.5 Å². The summed E-state index contributed by atoms with van der Waals surface area (Å²) in [5.41, 5.74) is 1.63. The minimum atomic E-state index is -0.963. The number of carbonyl (C=O) groups is 4. The maximum absolute atomic E-state index is 12.3. The number of aromatic nitrogens is 1. The van der Waals surface area contributed by atoms with Crippen molar-refractivity contribution in [2.24, 2.45) is 17.8 Å². The molecule has 6 atom stereocenters. The number of aryl methyl sites for hydroxylation is 1. The number of hydrogen-bond acceptors (Lipinski definition) is 11. The maximum atomic E-state index is 12.3. The number of amides is 1. The molecule has 6 unspecified atom stereocenters. The van der Waals surface area contributed by atoms with Gasteiger partial charge in [0.1, 0.15) is 29.4 Å². The Morgan fingerprint density at radius 1 is 1.07 bits per heavy atom. The van der Waals surface area contributed by atoms with Gasteiger partial charge >= 0.3 is 18.3 Å². The summed E-state index contributed by atoms with van der Waals surface area (Å²) in [6, 6.07) is 7.67. The van der Waals surface area contributed by atoms with Crippen LogP contribution in [-0.4, -0.2) is 66.2 Å². The quantitative estimate of drug-likeness (QED) is 0.320. The lowest BCUT2D eigenvalue weighted by atomic mass is 9.86. The van der Waals surface area contributed by atoms with Crippen LogP contribution in [0.2, 0.25) is 0 Å². The molecule has 0 spiro atoms. The first-order valence-corrected chi connectivity index (χ1v) is 14.0. The highest BCUT2D eigenvalue weighted by Gasteiger charge is 2.49. The third-order valence-electron chi connectivity index (χ3n) is 7.71. The van der Waals surface area contributed by atoms with Crippen molar-refractivity contribution in [1.82, 2.24) is 10.3 Å². The Balaban J connectivity index is 0.000000295. The van der Waals surface area contributed by atoms with E-state index in [1.165, 1.54) is 0 Å². The Morgan fingerprint density at radius 2 is 1.83 bits per heavy atom. The van der Waals surface area contributed by atoms with Gasteiger partial charge in [-0.2, -0.15) is 0 Å². The van der Waals surface area contributed by atoms with Crippen molar-refractivity contribution in [2.45, 2.75) is 70.3 Å². The zero-order valence-corrected chi connectivity index (χ0v) is 23.4. The summed E-state index contributed by atoms with van der Waals surface area (Å²) in [4.78, 5) is 48.6. The lowest BCUT2D eigenvalue weighted by molar-refractivity contribution is -0.140. The molecule has 6 rings (SSSR count). The molecule has 13 nitrogen and oxygen atoms in total. The molecular weight excluding hydrogens is 552 g/mol. The maximum Gasteiger partial charge on any atom is 0.518 e. The SMILES string of the molecule is COc1cccc(-c2nc(COCC3CCCC(NC(=O)C4CC4C(=O)O)C3)c(C)o2)c1.O=C1OC(=O)OC2CC2O1. The van der Waals surface area contributed by atoms with Crippen molar-refractivity contribution in [2.75, 3.05) is 13.7 Å². The van der Waals surface area contributed by atoms with Crippen molar-refractivity contribution >= 4 is 24.2 Å². The number of fused-ring (bicyclic) bond motifs is 1. The molecule has 4 aliphatic rings. The molecule has 3 aliphatic carbocycles. The Kier molecular flexibility index (Phi) is 8.95. The molecule has 226 valence electrons. The van der Waals surface area contributed by atoms with E-state index in [-0.39, 0.29) is 30.1 Å². The fourth-order valence-corrected chi connectivity index (χ4v) is 5.16. The van der Waals surface area contributed by atoms with Crippen LogP contribution in [-0.2, 0) is 35.1 Å². The van der Waals surface area contributed by atoms with Crippen LogP contribution in [0.5, 0.6) is 5.75 Å². The Bertz CT molecular complexity index is 1300. The number of carboxylic acid groups (broad SMARTS) is 1. The number of benzene rings is 1. The first-order valence-electron chi connectivity index (χ1n) is 14.0. The van der Waals surface area contributed by atoms with Crippen LogP contribution in [0.15, 0.2) is 28.7 Å². The summed E-state index contributed by atoms with van der Waals surface area (Å²) in [5, 5.41) is 12.1. The van der Waals surface area contributed by atoms with Gasteiger partial charge in [-0.3, -0.25) is 9.59 Å². The van der Waals surface area contributed by atoms with Gasteiger partial charge in [-0.1, -0.05) is 12.5 Å². The number of methoxy groups -OCH3 is 1. The number of ether oxygens (including phenoxy) is 5. The molecule has 13 heteroatoms. The molecule has 1 aliphatic heterocycles. The molecule has 0 bridgehead atoms. The summed E-state index contributed by atoms with van der Waals surface area (Å²) in [7, 11) is 1.62. The molecule has 2 heterocycles. The summed E-state index contributed by atoms with van der Waals surface area (Å²) in [5.74, 6) is 0.506. The average Bonchev–Trinajstić information content (AvgIpc) is 3.87. The van der Waals surface area contributed by atoms with Crippen LogP contribution < -0.4 is 10.1 Å².